The maximum atomic E-state index is 13.8. The summed E-state index contributed by atoms with van der Waals surface area (Å²) in [6, 6.07) is 14.1. The van der Waals surface area contributed by atoms with Gasteiger partial charge in [-0.2, -0.15) is 0 Å². The van der Waals surface area contributed by atoms with Gasteiger partial charge < -0.3 is 5.41 Å². The van der Waals surface area contributed by atoms with E-state index in [9.17, 15) is 9.18 Å². The van der Waals surface area contributed by atoms with Crippen molar-refractivity contribution in [2.24, 2.45) is 5.92 Å². The lowest BCUT2D eigenvalue weighted by Crippen LogP contribution is -2.12. The summed E-state index contributed by atoms with van der Waals surface area (Å²) in [6.45, 7) is 2.03. The van der Waals surface area contributed by atoms with Gasteiger partial charge in [0.05, 0.1) is 11.5 Å². The maximum absolute atomic E-state index is 13.8. The van der Waals surface area contributed by atoms with Gasteiger partial charge >= 0.3 is 0 Å². The first-order valence-electron chi connectivity index (χ1n) is 8.94. The molecule has 0 aromatic heterocycles. The van der Waals surface area contributed by atoms with Crippen LogP contribution in [0.25, 0.3) is 0 Å². The minimum absolute atomic E-state index is 0.0493. The zero-order valence-electron chi connectivity index (χ0n) is 14.9. The van der Waals surface area contributed by atoms with Crippen molar-refractivity contribution in [2.45, 2.75) is 38.5 Å². The first-order valence-corrected chi connectivity index (χ1v) is 8.94. The zero-order chi connectivity index (χ0) is 18.5. The molecule has 0 bridgehead atoms. The SMILES string of the molecule is Cc1ccc(C(C#CC2CC2)CC(=N)CC(=O)c2ccccc2F)cc1. The molecule has 1 aliphatic rings. The Morgan fingerprint density at radius 3 is 2.54 bits per heavy atom. The lowest BCUT2D eigenvalue weighted by Gasteiger charge is -2.13. The van der Waals surface area contributed by atoms with Crippen LogP contribution in [-0.2, 0) is 0 Å². The zero-order valence-corrected chi connectivity index (χ0v) is 14.9. The molecule has 0 amide bonds. The third-order valence-electron chi connectivity index (χ3n) is 4.52. The van der Waals surface area contributed by atoms with Crippen LogP contribution < -0.4 is 0 Å². The van der Waals surface area contributed by atoms with Crippen LogP contribution >= 0.6 is 0 Å². The van der Waals surface area contributed by atoms with Crippen LogP contribution in [0.3, 0.4) is 0 Å². The van der Waals surface area contributed by atoms with Gasteiger partial charge in [0.1, 0.15) is 5.82 Å². The number of hydrogen-bond acceptors (Lipinski definition) is 2. The van der Waals surface area contributed by atoms with E-state index in [1.54, 1.807) is 12.1 Å². The Labute approximate surface area is 154 Å². The number of Topliss-reactive ketones (excluding diaryl/α,β-unsaturated/α-hetero) is 1. The maximum Gasteiger partial charge on any atom is 0.171 e. The lowest BCUT2D eigenvalue weighted by atomic mass is 9.91. The van der Waals surface area contributed by atoms with Gasteiger partial charge in [-0.25, -0.2) is 4.39 Å². The summed E-state index contributed by atoms with van der Waals surface area (Å²) in [6.07, 6.45) is 2.62. The van der Waals surface area contributed by atoms with Crippen molar-refractivity contribution < 1.29 is 9.18 Å². The van der Waals surface area contributed by atoms with Crippen molar-refractivity contribution >= 4 is 11.5 Å². The Kier molecular flexibility index (Phi) is 5.63. The van der Waals surface area contributed by atoms with E-state index in [4.69, 9.17) is 5.41 Å². The molecule has 0 radical (unpaired) electrons. The molecule has 1 saturated carbocycles. The van der Waals surface area contributed by atoms with E-state index < -0.39 is 5.82 Å². The molecule has 0 spiro atoms. The summed E-state index contributed by atoms with van der Waals surface area (Å²) in [5.41, 5.74) is 2.57. The lowest BCUT2D eigenvalue weighted by molar-refractivity contribution is 0.0996. The number of rotatable bonds is 6. The Hall–Kier alpha value is -2.73. The highest BCUT2D eigenvalue weighted by molar-refractivity contribution is 6.09. The van der Waals surface area contributed by atoms with Crippen LogP contribution in [0.1, 0.15) is 53.1 Å². The number of nitrogens with one attached hydrogen (secondary N) is 1. The number of carbonyl (C=O) groups is 1. The molecule has 132 valence electrons. The number of hydrogen-bond donors (Lipinski definition) is 1. The van der Waals surface area contributed by atoms with Crippen LogP contribution in [-0.4, -0.2) is 11.5 Å². The summed E-state index contributed by atoms with van der Waals surface area (Å²) >= 11 is 0. The van der Waals surface area contributed by atoms with E-state index in [1.807, 2.05) is 31.2 Å². The smallest absolute Gasteiger partial charge is 0.171 e. The molecular formula is C23H22FNO. The topological polar surface area (TPSA) is 40.9 Å². The van der Waals surface area contributed by atoms with Crippen LogP contribution in [0, 0.1) is 35.9 Å². The Morgan fingerprint density at radius 2 is 1.88 bits per heavy atom. The highest BCUT2D eigenvalue weighted by Crippen LogP contribution is 2.29. The fourth-order valence-corrected chi connectivity index (χ4v) is 2.79. The fraction of sp³-hybridized carbons (Fsp3) is 0.304. The Bertz CT molecular complexity index is 869. The molecule has 1 aliphatic carbocycles. The predicted octanol–water partition coefficient (Wildman–Crippen LogP) is 5.31. The van der Waals surface area contributed by atoms with E-state index in [1.165, 1.54) is 17.7 Å². The summed E-state index contributed by atoms with van der Waals surface area (Å²) in [4.78, 5) is 12.3. The number of benzene rings is 2. The molecule has 1 N–H and O–H groups in total. The van der Waals surface area contributed by atoms with E-state index >= 15 is 0 Å². The first kappa shape index (κ1) is 18.1. The highest BCUT2D eigenvalue weighted by atomic mass is 19.1. The second-order valence-electron chi connectivity index (χ2n) is 6.91. The second-order valence-corrected chi connectivity index (χ2v) is 6.91. The molecule has 2 aromatic carbocycles. The monoisotopic (exact) mass is 347 g/mol. The normalized spacial score (nSPS) is 14.2. The van der Waals surface area contributed by atoms with Crippen molar-refractivity contribution in [3.8, 4) is 11.8 Å². The minimum atomic E-state index is -0.533. The van der Waals surface area contributed by atoms with Gasteiger partial charge in [0.2, 0.25) is 0 Å². The van der Waals surface area contributed by atoms with E-state index in [0.717, 1.165) is 18.4 Å². The third-order valence-corrected chi connectivity index (χ3v) is 4.52. The van der Waals surface area contributed by atoms with E-state index in [2.05, 4.69) is 11.8 Å². The van der Waals surface area contributed by atoms with E-state index in [0.29, 0.717) is 12.3 Å². The van der Waals surface area contributed by atoms with Gasteiger partial charge in [-0.15, -0.1) is 0 Å². The number of aryl methyl sites for hydroxylation is 1. The van der Waals surface area contributed by atoms with Gasteiger partial charge in [0, 0.05) is 24.5 Å². The fourth-order valence-electron chi connectivity index (χ4n) is 2.79. The predicted molar refractivity (Wildman–Crippen MR) is 102 cm³/mol. The standard InChI is InChI=1S/C23H22FNO/c1-16-6-11-18(12-7-16)19(13-10-17-8-9-17)14-20(25)15-23(26)21-4-2-3-5-22(21)24/h2-7,11-12,17,19,25H,8-9,14-15H2,1H3. The van der Waals surface area contributed by atoms with Crippen LogP contribution in [0.15, 0.2) is 48.5 Å². The summed E-state index contributed by atoms with van der Waals surface area (Å²) in [7, 11) is 0. The van der Waals surface area contributed by atoms with Gasteiger partial charge in [0.25, 0.3) is 0 Å². The molecule has 1 fully saturated rings. The molecule has 2 aromatic rings. The molecule has 3 heteroatoms. The second kappa shape index (κ2) is 8.10. The number of carbonyl (C=O) groups excluding carboxylic acids is 1. The average molecular weight is 347 g/mol. The van der Waals surface area contributed by atoms with Crippen LogP contribution in [0.2, 0.25) is 0 Å². The largest absolute Gasteiger partial charge is 0.309 e. The molecule has 1 unspecified atom stereocenters. The highest BCUT2D eigenvalue weighted by Gasteiger charge is 2.20. The molecule has 1 atom stereocenters. The first-order chi connectivity index (χ1) is 12.5. The van der Waals surface area contributed by atoms with Gasteiger partial charge in [-0.3, -0.25) is 4.79 Å². The summed E-state index contributed by atoms with van der Waals surface area (Å²) in [5.74, 6) is 6.07. The van der Waals surface area contributed by atoms with Gasteiger partial charge in [-0.1, -0.05) is 53.8 Å². The third kappa shape index (κ3) is 4.89. The quantitative estimate of drug-likeness (QED) is 0.429. The Morgan fingerprint density at radius 1 is 1.19 bits per heavy atom. The number of halogens is 1. The summed E-state index contributed by atoms with van der Waals surface area (Å²) < 4.78 is 13.8. The summed E-state index contributed by atoms with van der Waals surface area (Å²) in [5, 5.41) is 8.25. The molecular weight excluding hydrogens is 325 g/mol. The van der Waals surface area contributed by atoms with Crippen molar-refractivity contribution in [1.82, 2.24) is 0 Å². The van der Waals surface area contributed by atoms with Crippen LogP contribution in [0.5, 0.6) is 0 Å². The average Bonchev–Trinajstić information content (AvgIpc) is 3.44. The van der Waals surface area contributed by atoms with Crippen LogP contribution in [0.4, 0.5) is 4.39 Å². The molecule has 0 saturated heterocycles. The van der Waals surface area contributed by atoms with Crippen molar-refractivity contribution in [3.63, 3.8) is 0 Å². The van der Waals surface area contributed by atoms with Crippen molar-refractivity contribution in [3.05, 3.63) is 71.0 Å². The molecule has 0 aliphatic heterocycles. The molecule has 2 nitrogen and oxygen atoms in total. The minimum Gasteiger partial charge on any atom is -0.309 e. The van der Waals surface area contributed by atoms with Gasteiger partial charge in [-0.05, 0) is 37.5 Å². The molecule has 3 rings (SSSR count). The van der Waals surface area contributed by atoms with Crippen molar-refractivity contribution in [1.29, 1.82) is 5.41 Å². The van der Waals surface area contributed by atoms with Gasteiger partial charge in [0.15, 0.2) is 5.78 Å². The van der Waals surface area contributed by atoms with Crippen molar-refractivity contribution in [2.75, 3.05) is 0 Å². The van der Waals surface area contributed by atoms with E-state index in [-0.39, 0.29) is 29.4 Å². The Balaban J connectivity index is 1.71. The molecule has 26 heavy (non-hydrogen) atoms. The molecule has 0 heterocycles. The number of ketones is 1.